The second-order valence-corrected chi connectivity index (χ2v) is 8.40. The molecule has 4 rings (SSSR count). The number of aromatic nitrogens is 2. The summed E-state index contributed by atoms with van der Waals surface area (Å²) in [7, 11) is 0. The zero-order valence-corrected chi connectivity index (χ0v) is 21.7. The predicted octanol–water partition coefficient (Wildman–Crippen LogP) is 4.40. The number of likely N-dealkylation sites (tertiary alicyclic amines) is 1. The fourth-order valence-electron chi connectivity index (χ4n) is 4.00. The van der Waals surface area contributed by atoms with Gasteiger partial charge in [0.15, 0.2) is 5.96 Å². The number of aliphatic imine (C=N–C) groups is 1. The molecule has 0 radical (unpaired) electrons. The zero-order chi connectivity index (χ0) is 22.0. The summed E-state index contributed by atoms with van der Waals surface area (Å²) in [5, 5.41) is 6.79. The average Bonchev–Trinajstić information content (AvgIpc) is 3.52. The first-order chi connectivity index (χ1) is 15.8. The van der Waals surface area contributed by atoms with Gasteiger partial charge in [0.25, 0.3) is 0 Å². The summed E-state index contributed by atoms with van der Waals surface area (Å²) in [6, 6.07) is 17.6. The van der Waals surface area contributed by atoms with Crippen LogP contribution in [0.5, 0.6) is 0 Å². The third-order valence-electron chi connectivity index (χ3n) is 5.80. The minimum Gasteiger partial charge on any atom is -0.357 e. The molecule has 0 atom stereocenters. The molecule has 33 heavy (non-hydrogen) atoms. The summed E-state index contributed by atoms with van der Waals surface area (Å²) in [5.74, 6) is 0.844. The molecule has 1 saturated heterocycles. The minimum absolute atomic E-state index is 0. The number of benzene rings is 2. The lowest BCUT2D eigenvalue weighted by atomic mass is 10.1. The largest absolute Gasteiger partial charge is 0.357 e. The first-order valence-corrected chi connectivity index (χ1v) is 11.6. The van der Waals surface area contributed by atoms with Gasteiger partial charge in [0, 0.05) is 38.6 Å². The highest BCUT2D eigenvalue weighted by Crippen LogP contribution is 2.14. The van der Waals surface area contributed by atoms with Crippen LogP contribution < -0.4 is 10.6 Å². The first kappa shape index (κ1) is 25.2. The van der Waals surface area contributed by atoms with Gasteiger partial charge in [-0.3, -0.25) is 4.90 Å². The van der Waals surface area contributed by atoms with Crippen LogP contribution in [0.15, 0.2) is 72.2 Å². The van der Waals surface area contributed by atoms with Gasteiger partial charge >= 0.3 is 0 Å². The maximum absolute atomic E-state index is 4.77. The summed E-state index contributed by atoms with van der Waals surface area (Å²) in [5.41, 5.74) is 5.12. The fraction of sp³-hybridized carbons (Fsp3) is 0.385. The van der Waals surface area contributed by atoms with Gasteiger partial charge in [-0.05, 0) is 55.1 Å². The molecule has 176 valence electrons. The van der Waals surface area contributed by atoms with E-state index < -0.39 is 0 Å². The third kappa shape index (κ3) is 8.16. The normalized spacial score (nSPS) is 14.2. The van der Waals surface area contributed by atoms with Crippen LogP contribution in [-0.2, 0) is 26.2 Å². The van der Waals surface area contributed by atoms with E-state index in [2.05, 4.69) is 80.5 Å². The van der Waals surface area contributed by atoms with Crippen LogP contribution in [0, 0.1) is 0 Å². The Labute approximate surface area is 214 Å². The Morgan fingerprint density at radius 3 is 2.15 bits per heavy atom. The summed E-state index contributed by atoms with van der Waals surface area (Å²) < 4.78 is 2.07. The molecule has 3 aromatic rings. The van der Waals surface area contributed by atoms with Crippen molar-refractivity contribution in [2.24, 2.45) is 4.99 Å². The molecule has 7 heteroatoms. The zero-order valence-electron chi connectivity index (χ0n) is 19.4. The second kappa shape index (κ2) is 13.3. The number of guanidine groups is 1. The molecule has 0 bridgehead atoms. The molecule has 0 aliphatic carbocycles. The van der Waals surface area contributed by atoms with E-state index >= 15 is 0 Å². The van der Waals surface area contributed by atoms with Crippen LogP contribution in [0.2, 0.25) is 0 Å². The van der Waals surface area contributed by atoms with Crippen LogP contribution >= 0.6 is 24.0 Å². The summed E-state index contributed by atoms with van der Waals surface area (Å²) >= 11 is 0. The van der Waals surface area contributed by atoms with Crippen molar-refractivity contribution in [2.45, 2.75) is 45.9 Å². The number of nitrogens with zero attached hydrogens (tertiary/aromatic N) is 4. The molecular formula is C26H35IN6. The van der Waals surface area contributed by atoms with Crippen LogP contribution in [0.3, 0.4) is 0 Å². The second-order valence-electron chi connectivity index (χ2n) is 8.40. The van der Waals surface area contributed by atoms with Crippen molar-refractivity contribution < 1.29 is 0 Å². The van der Waals surface area contributed by atoms with Crippen molar-refractivity contribution in [1.29, 1.82) is 0 Å². The molecule has 2 N–H and O–H groups in total. The highest BCUT2D eigenvalue weighted by molar-refractivity contribution is 14.0. The van der Waals surface area contributed by atoms with Crippen molar-refractivity contribution in [3.63, 3.8) is 0 Å². The van der Waals surface area contributed by atoms with Gasteiger partial charge < -0.3 is 15.2 Å². The topological polar surface area (TPSA) is 57.5 Å². The van der Waals surface area contributed by atoms with Gasteiger partial charge in [-0.2, -0.15) is 0 Å². The van der Waals surface area contributed by atoms with E-state index in [-0.39, 0.29) is 24.0 Å². The minimum atomic E-state index is 0. The summed E-state index contributed by atoms with van der Waals surface area (Å²) in [6.45, 7) is 8.71. The molecule has 1 fully saturated rings. The first-order valence-electron chi connectivity index (χ1n) is 11.6. The molecule has 0 spiro atoms. The lowest BCUT2D eigenvalue weighted by molar-refractivity contribution is 0.331. The highest BCUT2D eigenvalue weighted by atomic mass is 127. The van der Waals surface area contributed by atoms with E-state index in [4.69, 9.17) is 4.99 Å². The molecule has 1 aromatic heterocycles. The van der Waals surface area contributed by atoms with E-state index in [0.717, 1.165) is 32.1 Å². The number of hydrogen-bond acceptors (Lipinski definition) is 3. The fourth-order valence-corrected chi connectivity index (χ4v) is 4.00. The van der Waals surface area contributed by atoms with Crippen molar-refractivity contribution in [3.05, 3.63) is 89.5 Å². The third-order valence-corrected chi connectivity index (χ3v) is 5.80. The van der Waals surface area contributed by atoms with Gasteiger partial charge in [0.05, 0.1) is 12.9 Å². The highest BCUT2D eigenvalue weighted by Gasteiger charge is 2.11. The van der Waals surface area contributed by atoms with E-state index in [9.17, 15) is 0 Å². The number of imidazole rings is 1. The van der Waals surface area contributed by atoms with Gasteiger partial charge in [-0.1, -0.05) is 48.5 Å². The van der Waals surface area contributed by atoms with Crippen molar-refractivity contribution >= 4 is 29.9 Å². The quantitative estimate of drug-likeness (QED) is 0.232. The smallest absolute Gasteiger partial charge is 0.191 e. The molecule has 0 amide bonds. The predicted molar refractivity (Wildman–Crippen MR) is 146 cm³/mol. The monoisotopic (exact) mass is 558 g/mol. The number of hydrogen-bond donors (Lipinski definition) is 2. The van der Waals surface area contributed by atoms with Gasteiger partial charge in [-0.25, -0.2) is 9.98 Å². The lowest BCUT2D eigenvalue weighted by Gasteiger charge is -2.14. The standard InChI is InChI=1S/C26H34N6.HI/c1-2-28-26(29-17-22-5-9-24(10-6-22)19-31-14-3-4-15-31)30-18-23-7-11-25(12-8-23)20-32-16-13-27-21-32;/h5-13,16,21H,2-4,14-15,17-20H2,1H3,(H2,28,29,30);1H. The molecule has 6 nitrogen and oxygen atoms in total. The summed E-state index contributed by atoms with van der Waals surface area (Å²) in [4.78, 5) is 11.4. The molecule has 1 aliphatic rings. The van der Waals surface area contributed by atoms with Gasteiger partial charge in [0.2, 0.25) is 0 Å². The van der Waals surface area contributed by atoms with Crippen LogP contribution in [0.4, 0.5) is 0 Å². The molecular weight excluding hydrogens is 523 g/mol. The molecule has 2 heterocycles. The Hall–Kier alpha value is -2.39. The Bertz CT molecular complexity index is 961. The number of halogens is 1. The lowest BCUT2D eigenvalue weighted by Crippen LogP contribution is -2.36. The van der Waals surface area contributed by atoms with Crippen molar-refractivity contribution in [3.8, 4) is 0 Å². The van der Waals surface area contributed by atoms with Gasteiger partial charge in [0.1, 0.15) is 0 Å². The van der Waals surface area contributed by atoms with Crippen LogP contribution in [0.1, 0.15) is 42.0 Å². The Kier molecular flexibility index (Phi) is 10.2. The summed E-state index contributed by atoms with van der Waals surface area (Å²) in [6.07, 6.45) is 8.31. The van der Waals surface area contributed by atoms with Crippen molar-refractivity contribution in [2.75, 3.05) is 19.6 Å². The molecule has 2 aromatic carbocycles. The van der Waals surface area contributed by atoms with Crippen LogP contribution in [-0.4, -0.2) is 40.0 Å². The Morgan fingerprint density at radius 1 is 0.879 bits per heavy atom. The average molecular weight is 559 g/mol. The van der Waals surface area contributed by atoms with E-state index in [1.165, 1.54) is 48.2 Å². The maximum Gasteiger partial charge on any atom is 0.191 e. The van der Waals surface area contributed by atoms with Gasteiger partial charge in [-0.15, -0.1) is 24.0 Å². The van der Waals surface area contributed by atoms with E-state index in [1.54, 1.807) is 0 Å². The molecule has 0 saturated carbocycles. The number of nitrogens with one attached hydrogen (secondary N) is 2. The van der Waals surface area contributed by atoms with Crippen LogP contribution in [0.25, 0.3) is 0 Å². The van der Waals surface area contributed by atoms with E-state index in [0.29, 0.717) is 6.54 Å². The Morgan fingerprint density at radius 2 is 1.52 bits per heavy atom. The SMILES string of the molecule is CCNC(=NCc1ccc(CN2CCCC2)cc1)NCc1ccc(Cn2ccnc2)cc1.I. The maximum atomic E-state index is 4.77. The Balaban J connectivity index is 0.00000306. The van der Waals surface area contributed by atoms with Crippen molar-refractivity contribution in [1.82, 2.24) is 25.1 Å². The molecule has 1 aliphatic heterocycles. The van der Waals surface area contributed by atoms with E-state index in [1.807, 2.05) is 18.7 Å². The number of rotatable bonds is 9. The molecule has 0 unspecified atom stereocenters.